The second kappa shape index (κ2) is 4.80. The highest BCUT2D eigenvalue weighted by Crippen LogP contribution is 2.29. The lowest BCUT2D eigenvalue weighted by atomic mass is 10.1. The summed E-state index contributed by atoms with van der Waals surface area (Å²) in [5.41, 5.74) is 0.969. The first-order chi connectivity index (χ1) is 8.31. The molecule has 0 unspecified atom stereocenters. The zero-order chi connectivity index (χ0) is 11.7. The van der Waals surface area contributed by atoms with Crippen molar-refractivity contribution in [3.8, 4) is 0 Å². The molecule has 90 valence electrons. The van der Waals surface area contributed by atoms with Gasteiger partial charge >= 0.3 is 0 Å². The van der Waals surface area contributed by atoms with Crippen LogP contribution in [0.5, 0.6) is 0 Å². The Labute approximate surface area is 109 Å². The van der Waals surface area contributed by atoms with Crippen molar-refractivity contribution in [2.45, 2.75) is 18.9 Å². The van der Waals surface area contributed by atoms with Gasteiger partial charge in [-0.15, -0.1) is 0 Å². The monoisotopic (exact) mass is 268 g/mol. The van der Waals surface area contributed by atoms with Crippen molar-refractivity contribution in [2.24, 2.45) is 0 Å². The molecule has 1 fully saturated rings. The standard InChI is InChI=1S/C12H13ClN2OS/c13-8-1-2-11-10(7-8)15-12(17-11)14-9-3-5-16-6-4-9/h1-2,7,9H,3-6H2,(H,14,15). The van der Waals surface area contributed by atoms with Crippen molar-refractivity contribution >= 4 is 38.3 Å². The molecule has 0 aliphatic carbocycles. The largest absolute Gasteiger partial charge is 0.381 e. The van der Waals surface area contributed by atoms with Crippen LogP contribution in [0.2, 0.25) is 5.02 Å². The Bertz CT molecular complexity index is 522. The molecule has 0 spiro atoms. The first kappa shape index (κ1) is 11.3. The molecule has 3 nitrogen and oxygen atoms in total. The molecule has 1 aromatic heterocycles. The molecule has 0 atom stereocenters. The number of hydrogen-bond donors (Lipinski definition) is 1. The summed E-state index contributed by atoms with van der Waals surface area (Å²) in [4.78, 5) is 4.55. The van der Waals surface area contributed by atoms with E-state index in [0.717, 1.165) is 41.7 Å². The molecule has 1 N–H and O–H groups in total. The number of rotatable bonds is 2. The van der Waals surface area contributed by atoms with E-state index in [2.05, 4.69) is 10.3 Å². The summed E-state index contributed by atoms with van der Waals surface area (Å²) >= 11 is 7.63. The van der Waals surface area contributed by atoms with Gasteiger partial charge in [0.2, 0.25) is 0 Å². The Balaban J connectivity index is 1.80. The lowest BCUT2D eigenvalue weighted by Gasteiger charge is -2.22. The number of thiazole rings is 1. The van der Waals surface area contributed by atoms with Crippen molar-refractivity contribution < 1.29 is 4.74 Å². The second-order valence-electron chi connectivity index (χ2n) is 4.16. The fourth-order valence-electron chi connectivity index (χ4n) is 1.98. The van der Waals surface area contributed by atoms with Crippen LogP contribution in [-0.2, 0) is 4.74 Å². The van der Waals surface area contributed by atoms with Crippen molar-refractivity contribution in [1.82, 2.24) is 4.98 Å². The van der Waals surface area contributed by atoms with Gasteiger partial charge in [-0.1, -0.05) is 22.9 Å². The molecule has 0 amide bonds. The lowest BCUT2D eigenvalue weighted by molar-refractivity contribution is 0.0904. The minimum absolute atomic E-state index is 0.486. The summed E-state index contributed by atoms with van der Waals surface area (Å²) in [7, 11) is 0. The highest BCUT2D eigenvalue weighted by molar-refractivity contribution is 7.22. The average Bonchev–Trinajstić information content (AvgIpc) is 2.71. The maximum atomic E-state index is 5.95. The number of aromatic nitrogens is 1. The third-order valence-electron chi connectivity index (χ3n) is 2.90. The number of halogens is 1. The van der Waals surface area contributed by atoms with E-state index in [1.54, 1.807) is 11.3 Å². The van der Waals surface area contributed by atoms with E-state index in [4.69, 9.17) is 16.3 Å². The third kappa shape index (κ3) is 2.54. The molecule has 2 aromatic rings. The van der Waals surface area contributed by atoms with Gasteiger partial charge in [-0.25, -0.2) is 4.98 Å². The molecule has 2 heterocycles. The number of anilines is 1. The maximum absolute atomic E-state index is 5.95. The minimum Gasteiger partial charge on any atom is -0.381 e. The van der Waals surface area contributed by atoms with Gasteiger partial charge in [-0.3, -0.25) is 0 Å². The first-order valence-electron chi connectivity index (χ1n) is 5.71. The van der Waals surface area contributed by atoms with Gasteiger partial charge in [0.05, 0.1) is 10.2 Å². The number of ether oxygens (including phenoxy) is 1. The summed E-state index contributed by atoms with van der Waals surface area (Å²) in [6.45, 7) is 1.68. The van der Waals surface area contributed by atoms with Crippen LogP contribution in [0.1, 0.15) is 12.8 Å². The topological polar surface area (TPSA) is 34.1 Å². The van der Waals surface area contributed by atoms with Gasteiger partial charge in [0.1, 0.15) is 0 Å². The molecule has 1 saturated heterocycles. The Kier molecular flexibility index (Phi) is 3.18. The summed E-state index contributed by atoms with van der Waals surface area (Å²) in [5, 5.41) is 5.19. The van der Waals surface area contributed by atoms with Gasteiger partial charge in [0.15, 0.2) is 5.13 Å². The van der Waals surface area contributed by atoms with Crippen LogP contribution in [0.25, 0.3) is 10.2 Å². The fraction of sp³-hybridized carbons (Fsp3) is 0.417. The van der Waals surface area contributed by atoms with Crippen molar-refractivity contribution in [3.05, 3.63) is 23.2 Å². The molecule has 3 rings (SSSR count). The zero-order valence-corrected chi connectivity index (χ0v) is 10.9. The predicted octanol–water partition coefficient (Wildman–Crippen LogP) is 3.54. The van der Waals surface area contributed by atoms with Gasteiger partial charge < -0.3 is 10.1 Å². The Morgan fingerprint density at radius 3 is 3.00 bits per heavy atom. The molecule has 17 heavy (non-hydrogen) atoms. The highest BCUT2D eigenvalue weighted by atomic mass is 35.5. The number of hydrogen-bond acceptors (Lipinski definition) is 4. The van der Waals surface area contributed by atoms with Crippen LogP contribution in [0.4, 0.5) is 5.13 Å². The minimum atomic E-state index is 0.486. The molecule has 5 heteroatoms. The first-order valence-corrected chi connectivity index (χ1v) is 6.91. The quantitative estimate of drug-likeness (QED) is 0.905. The Morgan fingerprint density at radius 1 is 1.35 bits per heavy atom. The fourth-order valence-corrected chi connectivity index (χ4v) is 3.07. The van der Waals surface area contributed by atoms with Crippen LogP contribution in [0, 0.1) is 0 Å². The van der Waals surface area contributed by atoms with Crippen LogP contribution in [-0.4, -0.2) is 24.2 Å². The highest BCUT2D eigenvalue weighted by Gasteiger charge is 2.15. The zero-order valence-electron chi connectivity index (χ0n) is 9.28. The van der Waals surface area contributed by atoms with E-state index in [-0.39, 0.29) is 0 Å². The van der Waals surface area contributed by atoms with E-state index >= 15 is 0 Å². The second-order valence-corrected chi connectivity index (χ2v) is 5.63. The third-order valence-corrected chi connectivity index (χ3v) is 4.10. The summed E-state index contributed by atoms with van der Waals surface area (Å²) in [6.07, 6.45) is 2.10. The number of nitrogens with zero attached hydrogens (tertiary/aromatic N) is 1. The normalized spacial score (nSPS) is 17.5. The number of nitrogens with one attached hydrogen (secondary N) is 1. The lowest BCUT2D eigenvalue weighted by Crippen LogP contribution is -2.27. The Morgan fingerprint density at radius 2 is 2.18 bits per heavy atom. The number of benzene rings is 1. The molecular formula is C12H13ClN2OS. The van der Waals surface area contributed by atoms with Crippen molar-refractivity contribution in [3.63, 3.8) is 0 Å². The van der Waals surface area contributed by atoms with Gasteiger partial charge in [-0.2, -0.15) is 0 Å². The Hall–Kier alpha value is -0.840. The van der Waals surface area contributed by atoms with E-state index in [0.29, 0.717) is 6.04 Å². The summed E-state index contributed by atoms with van der Waals surface area (Å²) < 4.78 is 6.51. The van der Waals surface area contributed by atoms with Crippen LogP contribution in [0.3, 0.4) is 0 Å². The molecule has 1 aliphatic heterocycles. The maximum Gasteiger partial charge on any atom is 0.184 e. The van der Waals surface area contributed by atoms with Gasteiger partial charge in [0.25, 0.3) is 0 Å². The van der Waals surface area contributed by atoms with Gasteiger partial charge in [-0.05, 0) is 31.0 Å². The van der Waals surface area contributed by atoms with Crippen LogP contribution in [0.15, 0.2) is 18.2 Å². The molecule has 1 aromatic carbocycles. The van der Waals surface area contributed by atoms with E-state index in [1.165, 1.54) is 4.70 Å². The predicted molar refractivity (Wildman–Crippen MR) is 72.1 cm³/mol. The molecule has 0 bridgehead atoms. The molecule has 0 radical (unpaired) electrons. The average molecular weight is 269 g/mol. The summed E-state index contributed by atoms with van der Waals surface area (Å²) in [6, 6.07) is 6.31. The van der Waals surface area contributed by atoms with Gasteiger partial charge in [0, 0.05) is 24.3 Å². The van der Waals surface area contributed by atoms with Crippen molar-refractivity contribution in [1.29, 1.82) is 0 Å². The van der Waals surface area contributed by atoms with E-state index < -0.39 is 0 Å². The SMILES string of the molecule is Clc1ccc2sc(NC3CCOCC3)nc2c1. The van der Waals surface area contributed by atoms with E-state index in [9.17, 15) is 0 Å². The van der Waals surface area contributed by atoms with Crippen LogP contribution >= 0.6 is 22.9 Å². The summed E-state index contributed by atoms with van der Waals surface area (Å²) in [5.74, 6) is 0. The smallest absolute Gasteiger partial charge is 0.184 e. The molecule has 1 aliphatic rings. The number of fused-ring (bicyclic) bond motifs is 1. The molecule has 0 saturated carbocycles. The van der Waals surface area contributed by atoms with E-state index in [1.807, 2.05) is 18.2 Å². The van der Waals surface area contributed by atoms with Crippen LogP contribution < -0.4 is 5.32 Å². The molecular weight excluding hydrogens is 256 g/mol. The van der Waals surface area contributed by atoms with Crippen molar-refractivity contribution in [2.75, 3.05) is 18.5 Å².